The minimum absolute atomic E-state index is 0.449. The topological polar surface area (TPSA) is 64.1 Å². The van der Waals surface area contributed by atoms with E-state index in [-0.39, 0.29) is 0 Å². The van der Waals surface area contributed by atoms with Crippen molar-refractivity contribution in [2.45, 2.75) is 51.5 Å². The van der Waals surface area contributed by atoms with Crippen LogP contribution in [0, 0.1) is 5.92 Å². The monoisotopic (exact) mass is 273 g/mol. The standard InChI is InChI=1S/C16H23N3O/c1-2-13(11-7-4-3-5-8-11)18-16-19-15-12(17)9-6-10-14(15)20-16/h6,9-11,13H,2-5,7-8,17H2,1H3,(H,18,19). The van der Waals surface area contributed by atoms with Crippen LogP contribution in [0.4, 0.5) is 11.7 Å². The Labute approximate surface area is 119 Å². The van der Waals surface area contributed by atoms with Crippen molar-refractivity contribution in [1.82, 2.24) is 4.98 Å². The molecule has 3 rings (SSSR count). The summed E-state index contributed by atoms with van der Waals surface area (Å²) in [5.41, 5.74) is 8.11. The van der Waals surface area contributed by atoms with Crippen molar-refractivity contribution in [2.75, 3.05) is 11.1 Å². The van der Waals surface area contributed by atoms with Gasteiger partial charge in [0.25, 0.3) is 6.01 Å². The van der Waals surface area contributed by atoms with Crippen molar-refractivity contribution in [1.29, 1.82) is 0 Å². The molecule has 2 aromatic rings. The molecule has 1 saturated carbocycles. The molecule has 1 aromatic carbocycles. The highest BCUT2D eigenvalue weighted by Crippen LogP contribution is 2.30. The average Bonchev–Trinajstić information content (AvgIpc) is 2.90. The highest BCUT2D eigenvalue weighted by atomic mass is 16.4. The number of hydrogen-bond donors (Lipinski definition) is 2. The van der Waals surface area contributed by atoms with Crippen molar-refractivity contribution < 1.29 is 4.42 Å². The van der Waals surface area contributed by atoms with Crippen LogP contribution < -0.4 is 11.1 Å². The number of oxazole rings is 1. The van der Waals surface area contributed by atoms with Crippen molar-refractivity contribution in [3.05, 3.63) is 18.2 Å². The summed E-state index contributed by atoms with van der Waals surface area (Å²) in [6.07, 6.45) is 7.81. The Bertz CT molecular complexity index is 572. The van der Waals surface area contributed by atoms with Gasteiger partial charge in [-0.05, 0) is 37.3 Å². The second-order valence-corrected chi connectivity index (χ2v) is 5.77. The summed E-state index contributed by atoms with van der Waals surface area (Å²) in [6.45, 7) is 2.23. The predicted molar refractivity (Wildman–Crippen MR) is 82.7 cm³/mol. The van der Waals surface area contributed by atoms with Gasteiger partial charge in [-0.1, -0.05) is 32.3 Å². The smallest absolute Gasteiger partial charge is 0.295 e. The predicted octanol–water partition coefficient (Wildman–Crippen LogP) is 4.18. The van der Waals surface area contributed by atoms with E-state index in [2.05, 4.69) is 17.2 Å². The van der Waals surface area contributed by atoms with Crippen molar-refractivity contribution >= 4 is 22.8 Å². The first-order chi connectivity index (χ1) is 9.78. The molecule has 108 valence electrons. The maximum Gasteiger partial charge on any atom is 0.295 e. The van der Waals surface area contributed by atoms with E-state index in [1.54, 1.807) is 0 Å². The Morgan fingerprint density at radius 3 is 2.85 bits per heavy atom. The number of para-hydroxylation sites is 1. The van der Waals surface area contributed by atoms with Crippen LogP contribution in [0.1, 0.15) is 45.4 Å². The molecule has 0 saturated heterocycles. The maximum atomic E-state index is 5.93. The first kappa shape index (κ1) is 13.3. The Kier molecular flexibility index (Phi) is 3.81. The Hall–Kier alpha value is -1.71. The molecule has 1 aliphatic rings. The summed E-state index contributed by atoms with van der Waals surface area (Å²) in [5.74, 6) is 0.737. The fourth-order valence-corrected chi connectivity index (χ4v) is 3.28. The average molecular weight is 273 g/mol. The maximum absolute atomic E-state index is 5.93. The molecule has 3 N–H and O–H groups in total. The number of rotatable bonds is 4. The number of fused-ring (bicyclic) bond motifs is 1. The molecule has 0 aliphatic heterocycles. The lowest BCUT2D eigenvalue weighted by molar-refractivity contribution is 0.309. The normalized spacial score (nSPS) is 18.2. The fourth-order valence-electron chi connectivity index (χ4n) is 3.28. The molecule has 0 spiro atoms. The largest absolute Gasteiger partial charge is 0.423 e. The van der Waals surface area contributed by atoms with Crippen LogP contribution in [-0.4, -0.2) is 11.0 Å². The number of anilines is 2. The zero-order valence-corrected chi connectivity index (χ0v) is 12.1. The van der Waals surface area contributed by atoms with E-state index >= 15 is 0 Å². The summed E-state index contributed by atoms with van der Waals surface area (Å²) in [5, 5.41) is 3.48. The van der Waals surface area contributed by atoms with Crippen LogP contribution >= 0.6 is 0 Å². The van der Waals surface area contributed by atoms with Gasteiger partial charge in [0.2, 0.25) is 0 Å². The van der Waals surface area contributed by atoms with Gasteiger partial charge in [-0.3, -0.25) is 0 Å². The highest BCUT2D eigenvalue weighted by Gasteiger charge is 2.23. The second-order valence-electron chi connectivity index (χ2n) is 5.77. The van der Waals surface area contributed by atoms with Crippen LogP contribution in [-0.2, 0) is 0 Å². The van der Waals surface area contributed by atoms with E-state index in [0.29, 0.717) is 17.7 Å². The van der Waals surface area contributed by atoms with Crippen LogP contribution in [0.3, 0.4) is 0 Å². The van der Waals surface area contributed by atoms with E-state index in [4.69, 9.17) is 10.2 Å². The van der Waals surface area contributed by atoms with E-state index in [9.17, 15) is 0 Å². The van der Waals surface area contributed by atoms with Gasteiger partial charge >= 0.3 is 0 Å². The molecular weight excluding hydrogens is 250 g/mol. The molecule has 1 unspecified atom stereocenters. The quantitative estimate of drug-likeness (QED) is 0.820. The number of hydrogen-bond acceptors (Lipinski definition) is 4. The van der Waals surface area contributed by atoms with Crippen LogP contribution in [0.5, 0.6) is 0 Å². The summed E-state index contributed by atoms with van der Waals surface area (Å²) >= 11 is 0. The molecule has 1 aliphatic carbocycles. The highest BCUT2D eigenvalue weighted by molar-refractivity contribution is 5.86. The molecule has 4 nitrogen and oxygen atoms in total. The third kappa shape index (κ3) is 2.60. The molecule has 0 amide bonds. The van der Waals surface area contributed by atoms with Gasteiger partial charge in [0.05, 0.1) is 5.69 Å². The Morgan fingerprint density at radius 2 is 2.15 bits per heavy atom. The lowest BCUT2D eigenvalue weighted by Gasteiger charge is -2.29. The van der Waals surface area contributed by atoms with Gasteiger partial charge in [0, 0.05) is 6.04 Å². The van der Waals surface area contributed by atoms with Gasteiger partial charge in [-0.2, -0.15) is 4.98 Å². The van der Waals surface area contributed by atoms with E-state index in [1.807, 2.05) is 18.2 Å². The first-order valence-electron chi connectivity index (χ1n) is 7.69. The zero-order valence-electron chi connectivity index (χ0n) is 12.1. The SMILES string of the molecule is CCC(Nc1nc2c(N)cccc2o1)C1CCCCC1. The van der Waals surface area contributed by atoms with Crippen molar-refractivity contribution in [3.63, 3.8) is 0 Å². The van der Waals surface area contributed by atoms with E-state index in [0.717, 1.165) is 23.4 Å². The molecule has 0 bridgehead atoms. The molecule has 1 fully saturated rings. The molecular formula is C16H23N3O. The Balaban J connectivity index is 1.78. The van der Waals surface area contributed by atoms with Gasteiger partial charge in [-0.15, -0.1) is 0 Å². The van der Waals surface area contributed by atoms with Gasteiger partial charge in [0.1, 0.15) is 5.52 Å². The first-order valence-corrected chi connectivity index (χ1v) is 7.69. The Morgan fingerprint density at radius 1 is 1.35 bits per heavy atom. The lowest BCUT2D eigenvalue weighted by Crippen LogP contribution is -2.30. The van der Waals surface area contributed by atoms with Crippen LogP contribution in [0.2, 0.25) is 0 Å². The fraction of sp³-hybridized carbons (Fsp3) is 0.562. The summed E-state index contributed by atoms with van der Waals surface area (Å²) < 4.78 is 5.77. The van der Waals surface area contributed by atoms with E-state index in [1.165, 1.54) is 32.1 Å². The number of nitrogens with zero attached hydrogens (tertiary/aromatic N) is 1. The third-order valence-electron chi connectivity index (χ3n) is 4.42. The minimum atomic E-state index is 0.449. The summed E-state index contributed by atoms with van der Waals surface area (Å²) in [4.78, 5) is 4.49. The van der Waals surface area contributed by atoms with E-state index < -0.39 is 0 Å². The van der Waals surface area contributed by atoms with Crippen LogP contribution in [0.25, 0.3) is 11.1 Å². The molecule has 1 heterocycles. The molecule has 4 heteroatoms. The number of nitrogens with two attached hydrogens (primary N) is 1. The zero-order chi connectivity index (χ0) is 13.9. The third-order valence-corrected chi connectivity index (χ3v) is 4.42. The molecule has 20 heavy (non-hydrogen) atoms. The number of nitrogen functional groups attached to an aromatic ring is 1. The lowest BCUT2D eigenvalue weighted by atomic mass is 9.83. The summed E-state index contributed by atoms with van der Waals surface area (Å²) in [6, 6.07) is 6.71. The number of benzene rings is 1. The minimum Gasteiger partial charge on any atom is -0.423 e. The second kappa shape index (κ2) is 5.73. The number of aromatic nitrogens is 1. The summed E-state index contributed by atoms with van der Waals surface area (Å²) in [7, 11) is 0. The van der Waals surface area contributed by atoms with Gasteiger partial charge < -0.3 is 15.5 Å². The van der Waals surface area contributed by atoms with Crippen molar-refractivity contribution in [3.8, 4) is 0 Å². The number of nitrogens with one attached hydrogen (secondary N) is 1. The van der Waals surface area contributed by atoms with Gasteiger partial charge in [0.15, 0.2) is 5.58 Å². The van der Waals surface area contributed by atoms with Crippen LogP contribution in [0.15, 0.2) is 22.6 Å². The molecule has 1 atom stereocenters. The molecule has 0 radical (unpaired) electrons. The molecule has 1 aromatic heterocycles. The van der Waals surface area contributed by atoms with Crippen molar-refractivity contribution in [2.24, 2.45) is 5.92 Å². The van der Waals surface area contributed by atoms with Gasteiger partial charge in [-0.25, -0.2) is 0 Å².